The molecular formula is C13H19NO3. The van der Waals surface area contributed by atoms with Gasteiger partial charge in [-0.1, -0.05) is 30.3 Å². The van der Waals surface area contributed by atoms with E-state index < -0.39 is 6.10 Å². The Morgan fingerprint density at radius 2 is 2.00 bits per heavy atom. The summed E-state index contributed by atoms with van der Waals surface area (Å²) in [5, 5.41) is 10.1. The van der Waals surface area contributed by atoms with Gasteiger partial charge in [0.1, 0.15) is 6.61 Å². The molecule has 0 unspecified atom stereocenters. The average molecular weight is 237 g/mol. The molecule has 0 aliphatic rings. The second kappa shape index (κ2) is 6.37. The van der Waals surface area contributed by atoms with Crippen LogP contribution in [-0.4, -0.2) is 42.7 Å². The Labute approximate surface area is 102 Å². The molecular weight excluding hydrogens is 218 g/mol. The van der Waals surface area contributed by atoms with Crippen LogP contribution in [0.15, 0.2) is 30.3 Å². The second-order valence-electron chi connectivity index (χ2n) is 4.03. The smallest absolute Gasteiger partial charge is 0.248 e. The largest absolute Gasteiger partial charge is 0.386 e. The fourth-order valence-corrected chi connectivity index (χ4v) is 1.59. The highest BCUT2D eigenvalue weighted by Gasteiger charge is 2.23. The lowest BCUT2D eigenvalue weighted by Crippen LogP contribution is -2.40. The predicted molar refractivity (Wildman–Crippen MR) is 65.5 cm³/mol. The Hall–Kier alpha value is -1.39. The van der Waals surface area contributed by atoms with Crippen LogP contribution in [0.3, 0.4) is 0 Å². The van der Waals surface area contributed by atoms with Crippen molar-refractivity contribution in [1.82, 2.24) is 4.90 Å². The monoisotopic (exact) mass is 237 g/mol. The minimum atomic E-state index is -0.693. The maximum atomic E-state index is 11.6. The molecule has 0 aromatic heterocycles. The van der Waals surface area contributed by atoms with Gasteiger partial charge in [-0.05, 0) is 12.5 Å². The van der Waals surface area contributed by atoms with Crippen LogP contribution >= 0.6 is 0 Å². The maximum absolute atomic E-state index is 11.6. The molecule has 1 rings (SSSR count). The summed E-state index contributed by atoms with van der Waals surface area (Å²) < 4.78 is 4.79. The molecule has 1 aromatic carbocycles. The Kier molecular flexibility index (Phi) is 5.12. The summed E-state index contributed by atoms with van der Waals surface area (Å²) in [6.07, 6.45) is -0.693. The highest BCUT2D eigenvalue weighted by atomic mass is 16.5. The van der Waals surface area contributed by atoms with E-state index in [1.165, 1.54) is 12.0 Å². The van der Waals surface area contributed by atoms with E-state index in [2.05, 4.69) is 0 Å². The molecule has 0 spiro atoms. The third kappa shape index (κ3) is 3.54. The van der Waals surface area contributed by atoms with E-state index in [0.29, 0.717) is 0 Å². The molecule has 0 fully saturated rings. The number of likely N-dealkylation sites (N-methyl/N-ethyl adjacent to an activating group) is 1. The average Bonchev–Trinajstić information content (AvgIpc) is 2.37. The lowest BCUT2D eigenvalue weighted by atomic mass is 10.0. The fourth-order valence-electron chi connectivity index (χ4n) is 1.59. The van der Waals surface area contributed by atoms with Gasteiger partial charge in [0.05, 0.1) is 12.1 Å². The standard InChI is InChI=1S/C13H19NO3/c1-10(14(2)12(15)9-17-3)13(16)11-7-5-4-6-8-11/h4-8,10,13,16H,9H2,1-3H3/t10-,13+/m1/s1. The molecule has 4 nitrogen and oxygen atoms in total. The van der Waals surface area contributed by atoms with Gasteiger partial charge >= 0.3 is 0 Å². The Morgan fingerprint density at radius 3 is 2.53 bits per heavy atom. The zero-order valence-corrected chi connectivity index (χ0v) is 10.5. The molecule has 0 saturated heterocycles. The Morgan fingerprint density at radius 1 is 1.41 bits per heavy atom. The van der Waals surface area contributed by atoms with Gasteiger partial charge in [0, 0.05) is 14.2 Å². The van der Waals surface area contributed by atoms with Crippen LogP contribution in [-0.2, 0) is 9.53 Å². The first-order valence-electron chi connectivity index (χ1n) is 5.55. The molecule has 0 aliphatic heterocycles. The molecule has 0 saturated carbocycles. The van der Waals surface area contributed by atoms with Crippen molar-refractivity contribution < 1.29 is 14.6 Å². The van der Waals surface area contributed by atoms with Crippen LogP contribution < -0.4 is 0 Å². The summed E-state index contributed by atoms with van der Waals surface area (Å²) in [5.41, 5.74) is 0.803. The summed E-state index contributed by atoms with van der Waals surface area (Å²) >= 11 is 0. The van der Waals surface area contributed by atoms with E-state index in [4.69, 9.17) is 4.74 Å². The van der Waals surface area contributed by atoms with Crippen molar-refractivity contribution in [2.75, 3.05) is 20.8 Å². The summed E-state index contributed by atoms with van der Waals surface area (Å²) in [6.45, 7) is 1.84. The van der Waals surface area contributed by atoms with Crippen molar-refractivity contribution in [3.05, 3.63) is 35.9 Å². The van der Waals surface area contributed by atoms with Crippen molar-refractivity contribution in [2.45, 2.75) is 19.1 Å². The number of hydrogen-bond donors (Lipinski definition) is 1. The quantitative estimate of drug-likeness (QED) is 0.837. The van der Waals surface area contributed by atoms with Gasteiger partial charge in [0.25, 0.3) is 0 Å². The van der Waals surface area contributed by atoms with E-state index in [1.54, 1.807) is 7.05 Å². The third-order valence-electron chi connectivity index (χ3n) is 2.87. The highest BCUT2D eigenvalue weighted by molar-refractivity contribution is 5.77. The number of carbonyl (C=O) groups excluding carboxylic acids is 1. The number of hydrogen-bond acceptors (Lipinski definition) is 3. The zero-order valence-electron chi connectivity index (χ0n) is 10.5. The topological polar surface area (TPSA) is 49.8 Å². The molecule has 94 valence electrons. The van der Waals surface area contributed by atoms with Gasteiger partial charge in [-0.25, -0.2) is 0 Å². The van der Waals surface area contributed by atoms with Gasteiger partial charge < -0.3 is 14.7 Å². The second-order valence-corrected chi connectivity index (χ2v) is 4.03. The number of aliphatic hydroxyl groups is 1. The third-order valence-corrected chi connectivity index (χ3v) is 2.87. The number of carbonyl (C=O) groups is 1. The lowest BCUT2D eigenvalue weighted by molar-refractivity contribution is -0.137. The number of ether oxygens (including phenoxy) is 1. The van der Waals surface area contributed by atoms with Gasteiger partial charge in [0.2, 0.25) is 5.91 Å². The number of nitrogens with zero attached hydrogens (tertiary/aromatic N) is 1. The molecule has 0 bridgehead atoms. The van der Waals surface area contributed by atoms with Crippen LogP contribution in [0.5, 0.6) is 0 Å². The van der Waals surface area contributed by atoms with E-state index >= 15 is 0 Å². The van der Waals surface area contributed by atoms with E-state index in [0.717, 1.165) is 5.56 Å². The molecule has 4 heteroatoms. The van der Waals surface area contributed by atoms with Gasteiger partial charge in [-0.15, -0.1) is 0 Å². The predicted octanol–water partition coefficient (Wildman–Crippen LogP) is 1.21. The first kappa shape index (κ1) is 13.7. The SMILES string of the molecule is COCC(=O)N(C)[C@H](C)[C@H](O)c1ccccc1. The van der Waals surface area contributed by atoms with Crippen LogP contribution in [0, 0.1) is 0 Å². The fraction of sp³-hybridized carbons (Fsp3) is 0.462. The van der Waals surface area contributed by atoms with Crippen LogP contribution in [0.1, 0.15) is 18.6 Å². The van der Waals surface area contributed by atoms with E-state index in [-0.39, 0.29) is 18.6 Å². The number of amides is 1. The molecule has 17 heavy (non-hydrogen) atoms. The van der Waals surface area contributed by atoms with Crippen molar-refractivity contribution in [1.29, 1.82) is 0 Å². The first-order chi connectivity index (χ1) is 8.07. The van der Waals surface area contributed by atoms with Crippen LogP contribution in [0.4, 0.5) is 0 Å². The molecule has 0 radical (unpaired) electrons. The van der Waals surface area contributed by atoms with Crippen LogP contribution in [0.25, 0.3) is 0 Å². The number of aliphatic hydroxyl groups excluding tert-OH is 1. The number of benzene rings is 1. The minimum absolute atomic E-state index is 0.0301. The summed E-state index contributed by atoms with van der Waals surface area (Å²) in [6, 6.07) is 9.01. The molecule has 1 N–H and O–H groups in total. The van der Waals surface area contributed by atoms with Gasteiger partial charge in [-0.2, -0.15) is 0 Å². The molecule has 0 aliphatic carbocycles. The van der Waals surface area contributed by atoms with Crippen molar-refractivity contribution >= 4 is 5.91 Å². The summed E-state index contributed by atoms with van der Waals surface area (Å²) in [5.74, 6) is -0.144. The molecule has 0 heterocycles. The van der Waals surface area contributed by atoms with E-state index in [9.17, 15) is 9.90 Å². The Bertz CT molecular complexity index is 353. The van der Waals surface area contributed by atoms with Gasteiger partial charge in [0.15, 0.2) is 0 Å². The number of methoxy groups -OCH3 is 1. The molecule has 1 amide bonds. The van der Waals surface area contributed by atoms with Crippen molar-refractivity contribution in [3.8, 4) is 0 Å². The van der Waals surface area contributed by atoms with Crippen LogP contribution in [0.2, 0.25) is 0 Å². The normalized spacial score (nSPS) is 14.1. The molecule has 1 aromatic rings. The highest BCUT2D eigenvalue weighted by Crippen LogP contribution is 2.19. The maximum Gasteiger partial charge on any atom is 0.248 e. The lowest BCUT2D eigenvalue weighted by Gasteiger charge is -2.29. The minimum Gasteiger partial charge on any atom is -0.386 e. The summed E-state index contributed by atoms with van der Waals surface area (Å²) in [4.78, 5) is 13.1. The summed E-state index contributed by atoms with van der Waals surface area (Å²) in [7, 11) is 3.14. The first-order valence-corrected chi connectivity index (χ1v) is 5.55. The number of rotatable bonds is 5. The molecule has 2 atom stereocenters. The van der Waals surface area contributed by atoms with Crippen molar-refractivity contribution in [2.24, 2.45) is 0 Å². The van der Waals surface area contributed by atoms with Gasteiger partial charge in [-0.3, -0.25) is 4.79 Å². The van der Waals surface area contributed by atoms with Crippen molar-refractivity contribution in [3.63, 3.8) is 0 Å². The zero-order chi connectivity index (χ0) is 12.8. The Balaban J connectivity index is 2.69. The van der Waals surface area contributed by atoms with E-state index in [1.807, 2.05) is 37.3 Å².